The van der Waals surface area contributed by atoms with E-state index in [1.165, 1.54) is 0 Å². The van der Waals surface area contributed by atoms with E-state index in [-0.39, 0.29) is 17.8 Å². The van der Waals surface area contributed by atoms with E-state index >= 15 is 0 Å². The second kappa shape index (κ2) is 7.97. The van der Waals surface area contributed by atoms with Crippen LogP contribution in [0.3, 0.4) is 0 Å². The minimum absolute atomic E-state index is 0.0309. The van der Waals surface area contributed by atoms with Gasteiger partial charge in [-0.2, -0.15) is 0 Å². The van der Waals surface area contributed by atoms with Gasteiger partial charge in [0.1, 0.15) is 0 Å². The first-order valence-corrected chi connectivity index (χ1v) is 8.13. The van der Waals surface area contributed by atoms with Gasteiger partial charge in [-0.3, -0.25) is 4.79 Å². The number of amides is 1. The molecule has 1 aliphatic rings. The van der Waals surface area contributed by atoms with Gasteiger partial charge in [-0.1, -0.05) is 6.92 Å². The van der Waals surface area contributed by atoms with Crippen molar-refractivity contribution in [3.63, 3.8) is 0 Å². The SMILES string of the molecule is CCNc1ccc(C(=O)OCC)cc1NC(=O)C(C)C1CNC1. The number of nitrogens with one attached hydrogen (secondary N) is 3. The summed E-state index contributed by atoms with van der Waals surface area (Å²) in [5.41, 5.74) is 1.84. The molecule has 1 aromatic carbocycles. The Morgan fingerprint density at radius 2 is 2.04 bits per heavy atom. The third-order valence-electron chi connectivity index (χ3n) is 4.09. The molecule has 1 unspecified atom stereocenters. The van der Waals surface area contributed by atoms with Crippen LogP contribution in [0.15, 0.2) is 18.2 Å². The zero-order valence-corrected chi connectivity index (χ0v) is 13.9. The number of esters is 1. The fourth-order valence-corrected chi connectivity index (χ4v) is 2.46. The molecule has 1 atom stereocenters. The summed E-state index contributed by atoms with van der Waals surface area (Å²) in [4.78, 5) is 24.3. The van der Waals surface area contributed by atoms with Crippen molar-refractivity contribution in [2.45, 2.75) is 20.8 Å². The lowest BCUT2D eigenvalue weighted by Crippen LogP contribution is -2.48. The van der Waals surface area contributed by atoms with Gasteiger partial charge >= 0.3 is 5.97 Å². The third-order valence-corrected chi connectivity index (χ3v) is 4.09. The molecule has 0 radical (unpaired) electrons. The number of hydrogen-bond acceptors (Lipinski definition) is 5. The van der Waals surface area contributed by atoms with Crippen LogP contribution in [0, 0.1) is 11.8 Å². The van der Waals surface area contributed by atoms with Gasteiger partial charge in [0.15, 0.2) is 0 Å². The van der Waals surface area contributed by atoms with Gasteiger partial charge in [0.05, 0.1) is 23.5 Å². The lowest BCUT2D eigenvalue weighted by atomic mass is 9.88. The number of rotatable bonds is 7. The molecule has 1 saturated heterocycles. The van der Waals surface area contributed by atoms with Crippen molar-refractivity contribution in [1.29, 1.82) is 0 Å². The van der Waals surface area contributed by atoms with Crippen LogP contribution in [0.5, 0.6) is 0 Å². The Kier molecular flexibility index (Phi) is 5.98. The van der Waals surface area contributed by atoms with Gasteiger partial charge in [0.2, 0.25) is 5.91 Å². The molecular formula is C17H25N3O3. The van der Waals surface area contributed by atoms with Gasteiger partial charge in [0.25, 0.3) is 0 Å². The van der Waals surface area contributed by atoms with Gasteiger partial charge in [-0.05, 0) is 51.1 Å². The summed E-state index contributed by atoms with van der Waals surface area (Å²) in [7, 11) is 0. The van der Waals surface area contributed by atoms with Crippen LogP contribution in [-0.4, -0.2) is 38.1 Å². The second-order valence-electron chi connectivity index (χ2n) is 5.71. The monoisotopic (exact) mass is 319 g/mol. The largest absolute Gasteiger partial charge is 0.462 e. The van der Waals surface area contributed by atoms with Crippen LogP contribution in [0.1, 0.15) is 31.1 Å². The molecule has 6 heteroatoms. The van der Waals surface area contributed by atoms with Gasteiger partial charge in [-0.25, -0.2) is 4.79 Å². The maximum Gasteiger partial charge on any atom is 0.338 e. The zero-order valence-electron chi connectivity index (χ0n) is 13.9. The van der Waals surface area contributed by atoms with Crippen LogP contribution in [-0.2, 0) is 9.53 Å². The van der Waals surface area contributed by atoms with E-state index in [0.717, 1.165) is 25.3 Å². The normalized spacial score (nSPS) is 15.4. The van der Waals surface area contributed by atoms with Gasteiger partial charge in [0, 0.05) is 12.5 Å². The van der Waals surface area contributed by atoms with Crippen molar-refractivity contribution in [2.75, 3.05) is 36.9 Å². The fraction of sp³-hybridized carbons (Fsp3) is 0.529. The minimum atomic E-state index is -0.387. The molecule has 126 valence electrons. The Labute approximate surface area is 137 Å². The first kappa shape index (κ1) is 17.3. The Hall–Kier alpha value is -2.08. The molecule has 0 aromatic heterocycles. The molecule has 0 spiro atoms. The van der Waals surface area contributed by atoms with E-state index in [9.17, 15) is 9.59 Å². The molecule has 23 heavy (non-hydrogen) atoms. The third kappa shape index (κ3) is 4.22. The van der Waals surface area contributed by atoms with Gasteiger partial charge in [-0.15, -0.1) is 0 Å². The number of carbonyl (C=O) groups is 2. The molecule has 1 aliphatic heterocycles. The topological polar surface area (TPSA) is 79.5 Å². The van der Waals surface area contributed by atoms with Crippen molar-refractivity contribution >= 4 is 23.3 Å². The fourth-order valence-electron chi connectivity index (χ4n) is 2.46. The van der Waals surface area contributed by atoms with E-state index in [1.54, 1.807) is 25.1 Å². The first-order chi connectivity index (χ1) is 11.1. The second-order valence-corrected chi connectivity index (χ2v) is 5.71. The number of ether oxygens (including phenoxy) is 1. The van der Waals surface area contributed by atoms with Crippen molar-refractivity contribution in [1.82, 2.24) is 5.32 Å². The van der Waals surface area contributed by atoms with Crippen LogP contribution in [0.25, 0.3) is 0 Å². The molecule has 6 nitrogen and oxygen atoms in total. The lowest BCUT2D eigenvalue weighted by Gasteiger charge is -2.31. The highest BCUT2D eigenvalue weighted by Crippen LogP contribution is 2.26. The number of anilines is 2. The van der Waals surface area contributed by atoms with Crippen molar-refractivity contribution in [3.05, 3.63) is 23.8 Å². The summed E-state index contributed by atoms with van der Waals surface area (Å²) in [5.74, 6) is -0.123. The molecule has 3 N–H and O–H groups in total. The van der Waals surface area contributed by atoms with E-state index in [1.807, 2.05) is 13.8 Å². The van der Waals surface area contributed by atoms with Crippen LogP contribution >= 0.6 is 0 Å². The van der Waals surface area contributed by atoms with Crippen LogP contribution < -0.4 is 16.0 Å². The summed E-state index contributed by atoms with van der Waals surface area (Å²) < 4.78 is 5.02. The average molecular weight is 319 g/mol. The predicted octanol–water partition coefficient (Wildman–Crippen LogP) is 2.09. The van der Waals surface area contributed by atoms with Gasteiger partial charge < -0.3 is 20.7 Å². The Balaban J connectivity index is 2.17. The van der Waals surface area contributed by atoms with E-state index < -0.39 is 0 Å². The highest BCUT2D eigenvalue weighted by atomic mass is 16.5. The summed E-state index contributed by atoms with van der Waals surface area (Å²) in [6.07, 6.45) is 0. The summed E-state index contributed by atoms with van der Waals surface area (Å²) in [5, 5.41) is 9.32. The minimum Gasteiger partial charge on any atom is -0.462 e. The molecule has 2 rings (SSSR count). The number of benzene rings is 1. The molecule has 0 saturated carbocycles. The smallest absolute Gasteiger partial charge is 0.338 e. The summed E-state index contributed by atoms with van der Waals surface area (Å²) in [6.45, 7) is 8.47. The van der Waals surface area contributed by atoms with E-state index in [4.69, 9.17) is 4.74 Å². The maximum atomic E-state index is 12.4. The van der Waals surface area contributed by atoms with Crippen molar-refractivity contribution in [2.24, 2.45) is 11.8 Å². The summed E-state index contributed by atoms with van der Waals surface area (Å²) >= 11 is 0. The zero-order chi connectivity index (χ0) is 16.8. The number of carbonyl (C=O) groups excluding carboxylic acids is 2. The van der Waals surface area contributed by atoms with E-state index in [0.29, 0.717) is 23.8 Å². The average Bonchev–Trinajstić information content (AvgIpc) is 2.47. The molecule has 1 heterocycles. The van der Waals surface area contributed by atoms with Crippen molar-refractivity contribution < 1.29 is 14.3 Å². The Morgan fingerprint density at radius 1 is 1.30 bits per heavy atom. The van der Waals surface area contributed by atoms with Crippen molar-refractivity contribution in [3.8, 4) is 0 Å². The summed E-state index contributed by atoms with van der Waals surface area (Å²) in [6, 6.07) is 5.16. The Morgan fingerprint density at radius 3 is 2.61 bits per heavy atom. The Bertz CT molecular complexity index is 570. The number of hydrogen-bond donors (Lipinski definition) is 3. The molecule has 1 fully saturated rings. The quantitative estimate of drug-likeness (QED) is 0.671. The standard InChI is InChI=1S/C17H25N3O3/c1-4-19-14-7-6-12(17(22)23-5-2)8-15(14)20-16(21)11(3)13-9-18-10-13/h6-8,11,13,18-19H,4-5,9-10H2,1-3H3,(H,20,21). The molecule has 1 amide bonds. The van der Waals surface area contributed by atoms with Crippen LogP contribution in [0.2, 0.25) is 0 Å². The lowest BCUT2D eigenvalue weighted by molar-refractivity contribution is -0.121. The first-order valence-electron chi connectivity index (χ1n) is 8.13. The molecule has 0 aliphatic carbocycles. The highest BCUT2D eigenvalue weighted by Gasteiger charge is 2.29. The molecule has 0 bridgehead atoms. The predicted molar refractivity (Wildman–Crippen MR) is 90.7 cm³/mol. The highest BCUT2D eigenvalue weighted by molar-refractivity contribution is 5.98. The maximum absolute atomic E-state index is 12.4. The molecule has 1 aromatic rings. The van der Waals surface area contributed by atoms with E-state index in [2.05, 4.69) is 16.0 Å². The van der Waals surface area contributed by atoms with Crippen LogP contribution in [0.4, 0.5) is 11.4 Å². The molecular weight excluding hydrogens is 294 g/mol.